The van der Waals surface area contributed by atoms with Crippen molar-refractivity contribution in [3.63, 3.8) is 0 Å². The van der Waals surface area contributed by atoms with E-state index in [4.69, 9.17) is 9.72 Å². The van der Waals surface area contributed by atoms with Crippen LogP contribution in [0.25, 0.3) is 33.5 Å². The van der Waals surface area contributed by atoms with Crippen molar-refractivity contribution >= 4 is 23.5 Å². The summed E-state index contributed by atoms with van der Waals surface area (Å²) in [5.41, 5.74) is 4.19. The average molecular weight is 549 g/mol. The second-order valence-electron chi connectivity index (χ2n) is 10.4. The predicted octanol–water partition coefficient (Wildman–Crippen LogP) is 6.15. The van der Waals surface area contributed by atoms with Gasteiger partial charge in [-0.3, -0.25) is 0 Å². The molecule has 7 rings (SSSR count). The van der Waals surface area contributed by atoms with Gasteiger partial charge in [-0.15, -0.1) is 0 Å². The van der Waals surface area contributed by atoms with Gasteiger partial charge in [0.1, 0.15) is 36.4 Å². The van der Waals surface area contributed by atoms with Crippen molar-refractivity contribution in [3.05, 3.63) is 77.6 Å². The lowest BCUT2D eigenvalue weighted by molar-refractivity contribution is -0.0506. The third-order valence-corrected chi connectivity index (χ3v) is 9.05. The summed E-state index contributed by atoms with van der Waals surface area (Å²) in [6.07, 6.45) is 0.542. The summed E-state index contributed by atoms with van der Waals surface area (Å²) >= 11 is 0. The number of aromatic nitrogens is 5. The zero-order chi connectivity index (χ0) is 27.2. The summed E-state index contributed by atoms with van der Waals surface area (Å²) < 4.78 is 63.2. The Morgan fingerprint density at radius 3 is 2.54 bits per heavy atom. The first kappa shape index (κ1) is 24.2. The Balaban J connectivity index is 1.45. The number of aryl methyl sites for hydroxylation is 1. The highest BCUT2D eigenvalue weighted by Crippen LogP contribution is 2.52. The fourth-order valence-corrected chi connectivity index (χ4v) is 6.98. The van der Waals surface area contributed by atoms with Gasteiger partial charge in [0.15, 0.2) is 5.82 Å². The molecule has 7 nitrogen and oxygen atoms in total. The van der Waals surface area contributed by atoms with Crippen molar-refractivity contribution in [2.24, 2.45) is 0 Å². The van der Waals surface area contributed by atoms with Crippen LogP contribution in [0, 0.1) is 12.7 Å². The molecule has 0 N–H and O–H groups in total. The first-order valence-corrected chi connectivity index (χ1v) is 15.1. The van der Waals surface area contributed by atoms with Gasteiger partial charge in [0.2, 0.25) is 0 Å². The van der Waals surface area contributed by atoms with Gasteiger partial charge in [-0.05, 0) is 61.7 Å². The second kappa shape index (κ2) is 8.29. The molecule has 0 radical (unpaired) electrons. The van der Waals surface area contributed by atoms with Crippen LogP contribution in [0.2, 0.25) is 0 Å². The number of benzene rings is 3. The molecule has 0 saturated carbocycles. The average Bonchev–Trinajstić information content (AvgIpc) is 3.51. The molecule has 11 heteroatoms. The normalized spacial score (nSPS) is 17.7. The Kier molecular flexibility index (Phi) is 5.14. The van der Waals surface area contributed by atoms with Crippen LogP contribution in [-0.4, -0.2) is 44.3 Å². The number of imidazole rings is 1. The molecule has 198 valence electrons. The Bertz CT molecular complexity index is 1860. The summed E-state index contributed by atoms with van der Waals surface area (Å²) in [6.45, 7) is 1.89. The number of halogens is 3. The smallest absolute Gasteiger partial charge is 0.387 e. The molecule has 5 aromatic rings. The summed E-state index contributed by atoms with van der Waals surface area (Å²) in [5.74, 6) is 1.49. The molecular weight excluding hydrogens is 526 g/mol. The Labute approximate surface area is 221 Å². The lowest BCUT2D eigenvalue weighted by Crippen LogP contribution is -2.14. The highest BCUT2D eigenvalue weighted by Gasteiger charge is 2.43. The van der Waals surface area contributed by atoms with Gasteiger partial charge in [0.25, 0.3) is 0 Å². The standard InChI is InChI=1S/C28H23F3N5O2P/c1-14-32-26-17-5-4-6-23(38-28(30)31)25(17)21-13-22(36(26)34-14)27-33-19-9-7-16(12-20(19)35(21)27)15-8-10-24(18(29)11-15)39(2,3)37/h4-12,21-22,28H,13H2,1-3H3/t21-,22+/m0/s1. The van der Waals surface area contributed by atoms with Gasteiger partial charge in [0.05, 0.1) is 17.1 Å². The topological polar surface area (TPSA) is 74.8 Å². The summed E-state index contributed by atoms with van der Waals surface area (Å²) in [5, 5.41) is 4.86. The molecule has 0 unspecified atom stereocenters. The number of ether oxygens (including phenoxy) is 1. The molecule has 2 aliphatic heterocycles. The molecule has 39 heavy (non-hydrogen) atoms. The third-order valence-electron chi connectivity index (χ3n) is 7.52. The largest absolute Gasteiger partial charge is 0.434 e. The molecule has 4 heterocycles. The van der Waals surface area contributed by atoms with Crippen LogP contribution in [0.15, 0.2) is 54.6 Å². The van der Waals surface area contributed by atoms with E-state index >= 15 is 0 Å². The monoisotopic (exact) mass is 549 g/mol. The fourth-order valence-electron chi connectivity index (χ4n) is 5.97. The van der Waals surface area contributed by atoms with E-state index in [0.717, 1.165) is 22.4 Å². The number of rotatable bonds is 4. The molecule has 0 fully saturated rings. The molecule has 2 atom stereocenters. The van der Waals surface area contributed by atoms with Gasteiger partial charge in [-0.2, -0.15) is 13.9 Å². The predicted molar refractivity (Wildman–Crippen MR) is 142 cm³/mol. The van der Waals surface area contributed by atoms with E-state index in [1.165, 1.54) is 6.07 Å². The van der Waals surface area contributed by atoms with E-state index in [2.05, 4.69) is 14.6 Å². The van der Waals surface area contributed by atoms with Gasteiger partial charge < -0.3 is 13.9 Å². The number of fused-ring (bicyclic) bond motifs is 6. The minimum atomic E-state index is -2.98. The molecule has 0 aliphatic carbocycles. The zero-order valence-electron chi connectivity index (χ0n) is 21.3. The van der Waals surface area contributed by atoms with Crippen LogP contribution < -0.4 is 10.0 Å². The molecule has 0 saturated heterocycles. The van der Waals surface area contributed by atoms with E-state index in [1.807, 2.05) is 28.9 Å². The minimum Gasteiger partial charge on any atom is -0.434 e. The summed E-state index contributed by atoms with van der Waals surface area (Å²) in [4.78, 5) is 9.54. The van der Waals surface area contributed by atoms with Crippen molar-refractivity contribution in [2.45, 2.75) is 32.0 Å². The van der Waals surface area contributed by atoms with Crippen molar-refractivity contribution in [1.82, 2.24) is 24.3 Å². The number of nitrogens with zero attached hydrogens (tertiary/aromatic N) is 5. The van der Waals surface area contributed by atoms with Crippen LogP contribution in [0.3, 0.4) is 0 Å². The Hall–Kier alpha value is -3.91. The lowest BCUT2D eigenvalue weighted by atomic mass is 9.97. The maximum Gasteiger partial charge on any atom is 0.387 e. The van der Waals surface area contributed by atoms with E-state index < -0.39 is 19.6 Å². The van der Waals surface area contributed by atoms with Gasteiger partial charge in [-0.1, -0.05) is 24.3 Å². The molecule has 2 aromatic heterocycles. The second-order valence-corrected chi connectivity index (χ2v) is 13.5. The SMILES string of the molecule is Cc1nc2n(n1)[C@@H]1C[C@@H](c3c(OC(F)F)cccc3-2)n2c1nc1ccc(-c3ccc(P(C)(C)=O)c(F)c3)cc12. The molecular formula is C28H23F3N5O2P. The van der Waals surface area contributed by atoms with Crippen molar-refractivity contribution in [2.75, 3.05) is 13.3 Å². The van der Waals surface area contributed by atoms with E-state index in [0.29, 0.717) is 34.8 Å². The summed E-state index contributed by atoms with van der Waals surface area (Å²) in [6, 6.07) is 14.9. The quantitative estimate of drug-likeness (QED) is 0.251. The van der Waals surface area contributed by atoms with Crippen molar-refractivity contribution < 1.29 is 22.5 Å². The van der Waals surface area contributed by atoms with Gasteiger partial charge in [-0.25, -0.2) is 19.0 Å². The van der Waals surface area contributed by atoms with Crippen LogP contribution in [0.4, 0.5) is 13.2 Å². The number of hydrogen-bond donors (Lipinski definition) is 0. The van der Waals surface area contributed by atoms with E-state index in [9.17, 15) is 17.7 Å². The first-order valence-electron chi connectivity index (χ1n) is 12.5. The van der Waals surface area contributed by atoms with Gasteiger partial charge in [0, 0.05) is 22.9 Å². The summed E-state index contributed by atoms with van der Waals surface area (Å²) in [7, 11) is -2.76. The Morgan fingerprint density at radius 1 is 1.03 bits per heavy atom. The fraction of sp³-hybridized carbons (Fsp3) is 0.250. The minimum absolute atomic E-state index is 0.0902. The van der Waals surface area contributed by atoms with Crippen molar-refractivity contribution in [1.29, 1.82) is 0 Å². The zero-order valence-corrected chi connectivity index (χ0v) is 22.2. The first-order chi connectivity index (χ1) is 18.6. The molecule has 3 aromatic carbocycles. The maximum atomic E-state index is 14.9. The molecule has 2 aliphatic rings. The van der Waals surface area contributed by atoms with Crippen LogP contribution in [0.5, 0.6) is 5.75 Å². The van der Waals surface area contributed by atoms with Crippen LogP contribution in [-0.2, 0) is 4.57 Å². The highest BCUT2D eigenvalue weighted by molar-refractivity contribution is 7.70. The number of alkyl halides is 2. The number of hydrogen-bond acceptors (Lipinski definition) is 5. The third kappa shape index (κ3) is 3.65. The molecule has 0 amide bonds. The maximum absolute atomic E-state index is 14.9. The van der Waals surface area contributed by atoms with Crippen molar-refractivity contribution in [3.8, 4) is 28.3 Å². The van der Waals surface area contributed by atoms with E-state index in [1.54, 1.807) is 44.5 Å². The van der Waals surface area contributed by atoms with Crippen LogP contribution >= 0.6 is 7.14 Å². The lowest BCUT2D eigenvalue weighted by Gasteiger charge is -2.21. The van der Waals surface area contributed by atoms with Crippen LogP contribution in [0.1, 0.15) is 35.7 Å². The molecule has 0 spiro atoms. The van der Waals surface area contributed by atoms with Gasteiger partial charge >= 0.3 is 6.61 Å². The highest BCUT2D eigenvalue weighted by atomic mass is 31.2. The molecule has 2 bridgehead atoms. The van der Waals surface area contributed by atoms with E-state index in [-0.39, 0.29) is 23.1 Å². The Morgan fingerprint density at radius 2 is 1.79 bits per heavy atom.